The van der Waals surface area contributed by atoms with E-state index in [2.05, 4.69) is 0 Å². The number of benzene rings is 1. The van der Waals surface area contributed by atoms with Crippen molar-refractivity contribution in [3.05, 3.63) is 52.9 Å². The van der Waals surface area contributed by atoms with Crippen LogP contribution in [0.4, 0.5) is 0 Å². The molecule has 0 radical (unpaired) electrons. The molecule has 1 aliphatic rings. The molecule has 22 heavy (non-hydrogen) atoms. The SMILES string of the molecule is O=C(c1ccc(C[S@](=O)c2cccc(Cl)c2)o1)N1CCCC1. The van der Waals surface area contributed by atoms with Gasteiger partial charge in [-0.15, -0.1) is 0 Å². The highest BCUT2D eigenvalue weighted by molar-refractivity contribution is 7.84. The number of likely N-dealkylation sites (tertiary alicyclic amines) is 1. The highest BCUT2D eigenvalue weighted by Gasteiger charge is 2.22. The molecule has 1 amide bonds. The molecule has 0 aliphatic carbocycles. The lowest BCUT2D eigenvalue weighted by atomic mass is 10.4. The van der Waals surface area contributed by atoms with E-state index in [0.29, 0.717) is 21.4 Å². The van der Waals surface area contributed by atoms with Gasteiger partial charge in [-0.25, -0.2) is 0 Å². The molecule has 1 aliphatic heterocycles. The monoisotopic (exact) mass is 337 g/mol. The topological polar surface area (TPSA) is 50.5 Å². The number of carbonyl (C=O) groups excluding carboxylic acids is 1. The lowest BCUT2D eigenvalue weighted by molar-refractivity contribution is 0.0759. The van der Waals surface area contributed by atoms with E-state index in [4.69, 9.17) is 16.0 Å². The zero-order chi connectivity index (χ0) is 15.5. The van der Waals surface area contributed by atoms with E-state index in [9.17, 15) is 9.00 Å². The number of furan rings is 1. The van der Waals surface area contributed by atoms with Crippen molar-refractivity contribution >= 4 is 28.3 Å². The smallest absolute Gasteiger partial charge is 0.289 e. The molecule has 1 saturated heterocycles. The number of carbonyl (C=O) groups is 1. The molecule has 0 N–H and O–H groups in total. The predicted octanol–water partition coefficient (Wildman–Crippen LogP) is 3.48. The number of hydrogen-bond donors (Lipinski definition) is 0. The van der Waals surface area contributed by atoms with Gasteiger partial charge >= 0.3 is 0 Å². The Hall–Kier alpha value is -1.59. The van der Waals surface area contributed by atoms with Gasteiger partial charge in [0.05, 0.1) is 16.6 Å². The summed E-state index contributed by atoms with van der Waals surface area (Å²) in [6.45, 7) is 1.56. The van der Waals surface area contributed by atoms with E-state index < -0.39 is 10.8 Å². The van der Waals surface area contributed by atoms with Crippen LogP contribution >= 0.6 is 11.6 Å². The fraction of sp³-hybridized carbons (Fsp3) is 0.312. The minimum atomic E-state index is -1.25. The standard InChI is InChI=1S/C16H16ClNO3S/c17-12-4-3-5-14(10-12)22(20)11-13-6-7-15(21-13)16(19)18-8-1-2-9-18/h3-7,10H,1-2,8-9,11H2/t22-/m0/s1. The van der Waals surface area contributed by atoms with Gasteiger partial charge in [0.15, 0.2) is 5.76 Å². The molecule has 0 unspecified atom stereocenters. The van der Waals surface area contributed by atoms with Crippen molar-refractivity contribution in [2.24, 2.45) is 0 Å². The third kappa shape index (κ3) is 3.42. The van der Waals surface area contributed by atoms with Crippen LogP contribution in [0.25, 0.3) is 0 Å². The Morgan fingerprint density at radius 3 is 2.73 bits per heavy atom. The maximum atomic E-state index is 12.3. The lowest BCUT2D eigenvalue weighted by Crippen LogP contribution is -2.27. The molecule has 0 saturated carbocycles. The Kier molecular flexibility index (Phi) is 4.64. The van der Waals surface area contributed by atoms with Crippen molar-refractivity contribution in [1.29, 1.82) is 0 Å². The Bertz CT molecular complexity index is 707. The van der Waals surface area contributed by atoms with Gasteiger partial charge < -0.3 is 9.32 Å². The van der Waals surface area contributed by atoms with Crippen molar-refractivity contribution in [2.45, 2.75) is 23.5 Å². The Morgan fingerprint density at radius 2 is 2.00 bits per heavy atom. The van der Waals surface area contributed by atoms with Gasteiger partial charge in [0.1, 0.15) is 5.76 Å². The van der Waals surface area contributed by atoms with Gasteiger partial charge in [-0.2, -0.15) is 0 Å². The summed E-state index contributed by atoms with van der Waals surface area (Å²) < 4.78 is 17.9. The van der Waals surface area contributed by atoms with Crippen LogP contribution in [-0.2, 0) is 16.6 Å². The molecule has 1 fully saturated rings. The maximum absolute atomic E-state index is 12.3. The van der Waals surface area contributed by atoms with E-state index in [1.165, 1.54) is 0 Å². The van der Waals surface area contributed by atoms with Crippen molar-refractivity contribution in [1.82, 2.24) is 4.90 Å². The summed E-state index contributed by atoms with van der Waals surface area (Å²) in [4.78, 5) is 14.6. The number of halogens is 1. The molecule has 1 aromatic heterocycles. The normalized spacial score (nSPS) is 16.0. The minimum Gasteiger partial charge on any atom is -0.455 e. The fourth-order valence-corrected chi connectivity index (χ4v) is 3.79. The maximum Gasteiger partial charge on any atom is 0.289 e. The van der Waals surface area contributed by atoms with Gasteiger partial charge in [0, 0.05) is 23.0 Å². The van der Waals surface area contributed by atoms with Crippen LogP contribution in [0.2, 0.25) is 5.02 Å². The molecule has 2 aromatic rings. The first kappa shape index (κ1) is 15.3. The van der Waals surface area contributed by atoms with E-state index >= 15 is 0 Å². The Morgan fingerprint density at radius 1 is 1.23 bits per heavy atom. The highest BCUT2D eigenvalue weighted by atomic mass is 35.5. The van der Waals surface area contributed by atoms with Crippen molar-refractivity contribution in [2.75, 3.05) is 13.1 Å². The summed E-state index contributed by atoms with van der Waals surface area (Å²) >= 11 is 5.90. The predicted molar refractivity (Wildman–Crippen MR) is 85.4 cm³/mol. The Balaban J connectivity index is 1.69. The molecule has 1 atom stereocenters. The van der Waals surface area contributed by atoms with Gasteiger partial charge in [0.2, 0.25) is 0 Å². The largest absolute Gasteiger partial charge is 0.455 e. The lowest BCUT2D eigenvalue weighted by Gasteiger charge is -2.12. The zero-order valence-corrected chi connectivity index (χ0v) is 13.5. The van der Waals surface area contributed by atoms with E-state index in [0.717, 1.165) is 25.9 Å². The Labute approximate surface area is 136 Å². The van der Waals surface area contributed by atoms with Crippen LogP contribution in [0.3, 0.4) is 0 Å². The van der Waals surface area contributed by atoms with E-state index in [-0.39, 0.29) is 11.7 Å². The third-order valence-corrected chi connectivity index (χ3v) is 5.16. The van der Waals surface area contributed by atoms with Gasteiger partial charge in [-0.1, -0.05) is 17.7 Å². The number of amides is 1. The number of nitrogens with zero attached hydrogens (tertiary/aromatic N) is 1. The summed E-state index contributed by atoms with van der Waals surface area (Å²) in [6, 6.07) is 10.3. The molecular weight excluding hydrogens is 322 g/mol. The molecule has 1 aromatic carbocycles. The first-order valence-electron chi connectivity index (χ1n) is 7.15. The summed E-state index contributed by atoms with van der Waals surface area (Å²) in [5.74, 6) is 1.01. The van der Waals surface area contributed by atoms with Gasteiger partial charge in [-0.05, 0) is 43.2 Å². The second kappa shape index (κ2) is 6.67. The van der Waals surface area contributed by atoms with Crippen LogP contribution in [0, 0.1) is 0 Å². The highest BCUT2D eigenvalue weighted by Crippen LogP contribution is 2.20. The van der Waals surface area contributed by atoms with Crippen molar-refractivity contribution in [3.8, 4) is 0 Å². The van der Waals surface area contributed by atoms with Gasteiger partial charge in [0.25, 0.3) is 5.91 Å². The van der Waals surface area contributed by atoms with Crippen LogP contribution in [-0.4, -0.2) is 28.1 Å². The third-order valence-electron chi connectivity index (χ3n) is 3.60. The zero-order valence-electron chi connectivity index (χ0n) is 12.0. The molecule has 0 spiro atoms. The minimum absolute atomic E-state index is 0.0858. The summed E-state index contributed by atoms with van der Waals surface area (Å²) in [5, 5.41) is 0.551. The molecule has 6 heteroatoms. The second-order valence-electron chi connectivity index (χ2n) is 5.21. The molecule has 0 bridgehead atoms. The van der Waals surface area contributed by atoms with Gasteiger partial charge in [-0.3, -0.25) is 9.00 Å². The molecule has 2 heterocycles. The van der Waals surface area contributed by atoms with E-state index in [1.54, 1.807) is 41.3 Å². The molecule has 3 rings (SSSR count). The molecular formula is C16H16ClNO3S. The van der Waals surface area contributed by atoms with Crippen molar-refractivity contribution in [3.63, 3.8) is 0 Å². The summed E-state index contributed by atoms with van der Waals surface area (Å²) in [5.41, 5.74) is 0. The number of rotatable bonds is 4. The summed E-state index contributed by atoms with van der Waals surface area (Å²) in [7, 11) is -1.25. The molecule has 116 valence electrons. The molecule has 4 nitrogen and oxygen atoms in total. The number of hydrogen-bond acceptors (Lipinski definition) is 3. The first-order valence-corrected chi connectivity index (χ1v) is 8.85. The average Bonchev–Trinajstić information content (AvgIpc) is 3.18. The van der Waals surface area contributed by atoms with Crippen LogP contribution in [0.15, 0.2) is 45.7 Å². The van der Waals surface area contributed by atoms with E-state index in [1.807, 2.05) is 0 Å². The van der Waals surface area contributed by atoms with Crippen LogP contribution < -0.4 is 0 Å². The second-order valence-corrected chi connectivity index (χ2v) is 7.10. The van der Waals surface area contributed by atoms with Crippen LogP contribution in [0.1, 0.15) is 29.2 Å². The fourth-order valence-electron chi connectivity index (χ4n) is 2.47. The summed E-state index contributed by atoms with van der Waals surface area (Å²) in [6.07, 6.45) is 2.08. The quantitative estimate of drug-likeness (QED) is 0.858. The first-order chi connectivity index (χ1) is 10.6. The van der Waals surface area contributed by atoms with Crippen LogP contribution in [0.5, 0.6) is 0 Å². The average molecular weight is 338 g/mol. The van der Waals surface area contributed by atoms with Crippen molar-refractivity contribution < 1.29 is 13.4 Å².